The predicted molar refractivity (Wildman–Crippen MR) is 68.4 cm³/mol. The lowest BCUT2D eigenvalue weighted by Crippen LogP contribution is -2.35. The van der Waals surface area contributed by atoms with E-state index >= 15 is 0 Å². The Morgan fingerprint density at radius 2 is 2.12 bits per heavy atom. The van der Waals surface area contributed by atoms with Crippen molar-refractivity contribution in [1.82, 2.24) is 4.90 Å². The zero-order valence-corrected chi connectivity index (χ0v) is 10.4. The molecular weight excluding hydrogens is 212 g/mol. The van der Waals surface area contributed by atoms with E-state index in [9.17, 15) is 4.79 Å². The molecule has 1 aliphatic rings. The normalized spacial score (nSPS) is 19.6. The Hall–Kier alpha value is -1.35. The number of nitrogens with zero attached hydrogens (tertiary/aromatic N) is 1. The van der Waals surface area contributed by atoms with Crippen LogP contribution in [0.5, 0.6) is 0 Å². The SMILES string of the molecule is CC1CCCN1C(=O)Cc1ccccc1CN. The van der Waals surface area contributed by atoms with Crippen LogP contribution in [0.1, 0.15) is 30.9 Å². The summed E-state index contributed by atoms with van der Waals surface area (Å²) in [5, 5.41) is 0. The molecule has 1 aliphatic heterocycles. The number of amides is 1. The van der Waals surface area contributed by atoms with E-state index < -0.39 is 0 Å². The average Bonchev–Trinajstić information content (AvgIpc) is 2.76. The Balaban J connectivity index is 2.07. The third-order valence-electron chi connectivity index (χ3n) is 3.55. The van der Waals surface area contributed by atoms with Gasteiger partial charge in [0.25, 0.3) is 0 Å². The highest BCUT2D eigenvalue weighted by Gasteiger charge is 2.25. The van der Waals surface area contributed by atoms with Crippen LogP contribution in [0.2, 0.25) is 0 Å². The van der Waals surface area contributed by atoms with Gasteiger partial charge in [0.15, 0.2) is 0 Å². The van der Waals surface area contributed by atoms with Gasteiger partial charge in [-0.1, -0.05) is 24.3 Å². The molecule has 1 amide bonds. The summed E-state index contributed by atoms with van der Waals surface area (Å²) in [4.78, 5) is 14.2. The Bertz CT molecular complexity index is 403. The van der Waals surface area contributed by atoms with Gasteiger partial charge < -0.3 is 10.6 Å². The van der Waals surface area contributed by atoms with Crippen LogP contribution in [0.15, 0.2) is 24.3 Å². The van der Waals surface area contributed by atoms with Crippen LogP contribution in [0.4, 0.5) is 0 Å². The zero-order chi connectivity index (χ0) is 12.3. The Kier molecular flexibility index (Phi) is 3.79. The van der Waals surface area contributed by atoms with E-state index in [1.807, 2.05) is 29.2 Å². The second-order valence-corrected chi connectivity index (χ2v) is 4.73. The maximum Gasteiger partial charge on any atom is 0.227 e. The summed E-state index contributed by atoms with van der Waals surface area (Å²) in [6.07, 6.45) is 2.74. The van der Waals surface area contributed by atoms with Crippen molar-refractivity contribution in [2.75, 3.05) is 6.54 Å². The minimum absolute atomic E-state index is 0.232. The van der Waals surface area contributed by atoms with E-state index in [1.165, 1.54) is 0 Å². The molecule has 0 spiro atoms. The Morgan fingerprint density at radius 1 is 1.41 bits per heavy atom. The third kappa shape index (κ3) is 2.67. The van der Waals surface area contributed by atoms with Crippen molar-refractivity contribution >= 4 is 5.91 Å². The molecule has 1 heterocycles. The number of carbonyl (C=O) groups excluding carboxylic acids is 1. The molecular formula is C14H20N2O. The lowest BCUT2D eigenvalue weighted by atomic mass is 10.0. The Labute approximate surface area is 103 Å². The molecule has 1 aromatic carbocycles. The molecule has 1 atom stereocenters. The van der Waals surface area contributed by atoms with Crippen molar-refractivity contribution < 1.29 is 4.79 Å². The van der Waals surface area contributed by atoms with E-state index in [4.69, 9.17) is 5.73 Å². The van der Waals surface area contributed by atoms with Crippen LogP contribution >= 0.6 is 0 Å². The number of likely N-dealkylation sites (tertiary alicyclic amines) is 1. The van der Waals surface area contributed by atoms with Gasteiger partial charge in [-0.15, -0.1) is 0 Å². The zero-order valence-electron chi connectivity index (χ0n) is 10.4. The van der Waals surface area contributed by atoms with Crippen molar-refractivity contribution in [3.05, 3.63) is 35.4 Å². The molecule has 0 radical (unpaired) electrons. The van der Waals surface area contributed by atoms with Crippen LogP contribution in [-0.4, -0.2) is 23.4 Å². The summed E-state index contributed by atoms with van der Waals surface area (Å²) < 4.78 is 0. The van der Waals surface area contributed by atoms with Gasteiger partial charge in [0, 0.05) is 19.1 Å². The highest BCUT2D eigenvalue weighted by molar-refractivity contribution is 5.79. The van der Waals surface area contributed by atoms with Gasteiger partial charge in [-0.3, -0.25) is 4.79 Å². The molecule has 3 nitrogen and oxygen atoms in total. The van der Waals surface area contributed by atoms with Crippen LogP contribution in [0, 0.1) is 0 Å². The third-order valence-corrected chi connectivity index (χ3v) is 3.55. The van der Waals surface area contributed by atoms with E-state index in [1.54, 1.807) is 0 Å². The standard InChI is InChI=1S/C14H20N2O/c1-11-5-4-8-16(11)14(17)9-12-6-2-3-7-13(12)10-15/h2-3,6-7,11H,4-5,8-10,15H2,1H3. The first-order valence-corrected chi connectivity index (χ1v) is 6.28. The molecule has 0 bridgehead atoms. The first-order chi connectivity index (χ1) is 8.22. The highest BCUT2D eigenvalue weighted by atomic mass is 16.2. The van der Waals surface area contributed by atoms with E-state index in [2.05, 4.69) is 6.92 Å². The molecule has 1 saturated heterocycles. The van der Waals surface area contributed by atoms with Crippen LogP contribution in [0.3, 0.4) is 0 Å². The lowest BCUT2D eigenvalue weighted by molar-refractivity contribution is -0.130. The van der Waals surface area contributed by atoms with Gasteiger partial charge in [-0.25, -0.2) is 0 Å². The van der Waals surface area contributed by atoms with Crippen molar-refractivity contribution in [3.8, 4) is 0 Å². The molecule has 0 saturated carbocycles. The second kappa shape index (κ2) is 5.32. The summed E-state index contributed by atoms with van der Waals surface area (Å²) in [6.45, 7) is 3.53. The molecule has 1 unspecified atom stereocenters. The Morgan fingerprint density at radius 3 is 2.71 bits per heavy atom. The van der Waals surface area contributed by atoms with Gasteiger partial charge >= 0.3 is 0 Å². The molecule has 0 aliphatic carbocycles. The van der Waals surface area contributed by atoms with Crippen molar-refractivity contribution in [2.45, 2.75) is 38.8 Å². The summed E-state index contributed by atoms with van der Waals surface area (Å²) in [5.74, 6) is 0.232. The van der Waals surface area contributed by atoms with Gasteiger partial charge in [-0.05, 0) is 30.9 Å². The van der Waals surface area contributed by atoms with Gasteiger partial charge in [-0.2, -0.15) is 0 Å². The minimum atomic E-state index is 0.232. The first kappa shape index (κ1) is 12.1. The molecule has 0 aromatic heterocycles. The highest BCUT2D eigenvalue weighted by Crippen LogP contribution is 2.18. The largest absolute Gasteiger partial charge is 0.340 e. The van der Waals surface area contributed by atoms with Crippen molar-refractivity contribution in [2.24, 2.45) is 5.73 Å². The predicted octanol–water partition coefficient (Wildman–Crippen LogP) is 1.70. The van der Waals surface area contributed by atoms with Crippen LogP contribution < -0.4 is 5.73 Å². The lowest BCUT2D eigenvalue weighted by Gasteiger charge is -2.22. The molecule has 2 N–H and O–H groups in total. The molecule has 1 aromatic rings. The number of hydrogen-bond donors (Lipinski definition) is 1. The quantitative estimate of drug-likeness (QED) is 0.862. The smallest absolute Gasteiger partial charge is 0.227 e. The fraction of sp³-hybridized carbons (Fsp3) is 0.500. The summed E-state index contributed by atoms with van der Waals surface area (Å²) >= 11 is 0. The molecule has 1 fully saturated rings. The molecule has 17 heavy (non-hydrogen) atoms. The number of nitrogens with two attached hydrogens (primary N) is 1. The molecule has 3 heteroatoms. The van der Waals surface area contributed by atoms with Gasteiger partial charge in [0.05, 0.1) is 6.42 Å². The number of carbonyl (C=O) groups is 1. The van der Waals surface area contributed by atoms with Crippen molar-refractivity contribution in [3.63, 3.8) is 0 Å². The topological polar surface area (TPSA) is 46.3 Å². The summed E-state index contributed by atoms with van der Waals surface area (Å²) in [7, 11) is 0. The number of rotatable bonds is 3. The van der Waals surface area contributed by atoms with Crippen LogP contribution in [0.25, 0.3) is 0 Å². The monoisotopic (exact) mass is 232 g/mol. The van der Waals surface area contributed by atoms with E-state index in [0.29, 0.717) is 19.0 Å². The summed E-state index contributed by atoms with van der Waals surface area (Å²) in [5.41, 5.74) is 7.83. The minimum Gasteiger partial charge on any atom is -0.340 e. The fourth-order valence-electron chi connectivity index (χ4n) is 2.50. The first-order valence-electron chi connectivity index (χ1n) is 6.28. The molecule has 2 rings (SSSR count). The van der Waals surface area contributed by atoms with E-state index in [-0.39, 0.29) is 5.91 Å². The van der Waals surface area contributed by atoms with Crippen molar-refractivity contribution in [1.29, 1.82) is 0 Å². The summed E-state index contributed by atoms with van der Waals surface area (Å²) in [6, 6.07) is 8.33. The van der Waals surface area contributed by atoms with E-state index in [0.717, 1.165) is 30.5 Å². The number of benzene rings is 1. The van der Waals surface area contributed by atoms with Crippen LogP contribution in [-0.2, 0) is 17.8 Å². The van der Waals surface area contributed by atoms with Gasteiger partial charge in [0.2, 0.25) is 5.91 Å². The van der Waals surface area contributed by atoms with Gasteiger partial charge in [0.1, 0.15) is 0 Å². The second-order valence-electron chi connectivity index (χ2n) is 4.73. The molecule has 92 valence electrons. The fourth-order valence-corrected chi connectivity index (χ4v) is 2.50. The average molecular weight is 232 g/mol. The maximum absolute atomic E-state index is 12.2. The number of hydrogen-bond acceptors (Lipinski definition) is 2. The maximum atomic E-state index is 12.2.